The number of imide groups is 1. The molecule has 0 bridgehead atoms. The summed E-state index contributed by atoms with van der Waals surface area (Å²) in [5, 5.41) is 3.91. The second kappa shape index (κ2) is 7.66. The highest BCUT2D eigenvalue weighted by Crippen LogP contribution is 2.30. The fraction of sp³-hybridized carbons (Fsp3) is 0.471. The zero-order chi connectivity index (χ0) is 18.0. The number of nitrogens with zero attached hydrogens (tertiary/aromatic N) is 3. The van der Waals surface area contributed by atoms with E-state index >= 15 is 0 Å². The van der Waals surface area contributed by atoms with Crippen LogP contribution in [0.4, 0.5) is 4.79 Å². The van der Waals surface area contributed by atoms with Crippen LogP contribution in [0.25, 0.3) is 0 Å². The van der Waals surface area contributed by atoms with Crippen LogP contribution in [0.5, 0.6) is 0 Å². The molecule has 0 spiro atoms. The summed E-state index contributed by atoms with van der Waals surface area (Å²) in [6.07, 6.45) is 1.70. The molecule has 6 nitrogen and oxygen atoms in total. The van der Waals surface area contributed by atoms with Gasteiger partial charge in [-0.25, -0.2) is 9.79 Å². The Hall–Kier alpha value is -1.73. The first-order valence-corrected chi connectivity index (χ1v) is 9.67. The molecule has 25 heavy (non-hydrogen) atoms. The highest BCUT2D eigenvalue weighted by molar-refractivity contribution is 8.13. The van der Waals surface area contributed by atoms with Crippen molar-refractivity contribution in [1.82, 2.24) is 15.1 Å². The first-order chi connectivity index (χ1) is 12.0. The van der Waals surface area contributed by atoms with Crippen molar-refractivity contribution in [2.45, 2.75) is 38.5 Å². The lowest BCUT2D eigenvalue weighted by atomic mass is 10.1. The molecule has 3 rings (SSSR count). The molecule has 2 atom stereocenters. The molecule has 2 aliphatic rings. The van der Waals surface area contributed by atoms with Crippen LogP contribution in [0.1, 0.15) is 25.3 Å². The number of amides is 3. The normalized spacial score (nSPS) is 22.8. The summed E-state index contributed by atoms with van der Waals surface area (Å²) in [4.78, 5) is 32.5. The minimum atomic E-state index is -0.498. The van der Waals surface area contributed by atoms with Gasteiger partial charge in [-0.3, -0.25) is 10.1 Å². The van der Waals surface area contributed by atoms with E-state index in [9.17, 15) is 9.59 Å². The first-order valence-electron chi connectivity index (χ1n) is 8.30. The number of thioether (sulfide) groups is 1. The number of aliphatic imine (C=N–C) groups is 1. The maximum Gasteiger partial charge on any atom is 0.325 e. The Morgan fingerprint density at radius 3 is 2.68 bits per heavy atom. The third-order valence-corrected chi connectivity index (χ3v) is 5.66. The third-order valence-electron chi connectivity index (χ3n) is 4.32. The van der Waals surface area contributed by atoms with Crippen molar-refractivity contribution in [3.8, 4) is 0 Å². The van der Waals surface area contributed by atoms with Gasteiger partial charge in [-0.15, -0.1) is 0 Å². The average molecular weight is 381 g/mol. The number of benzene rings is 1. The number of fused-ring (bicyclic) bond motifs is 1. The number of rotatable bonds is 5. The maximum absolute atomic E-state index is 12.5. The second-order valence-electron chi connectivity index (χ2n) is 6.13. The van der Waals surface area contributed by atoms with E-state index in [-0.39, 0.29) is 5.91 Å². The number of likely N-dealkylation sites (N-methyl/N-ethyl adjacent to an activating group) is 1. The Morgan fingerprint density at radius 1 is 1.28 bits per heavy atom. The average Bonchev–Trinajstić information content (AvgIpc) is 2.94. The van der Waals surface area contributed by atoms with Gasteiger partial charge in [0.2, 0.25) is 0 Å². The summed E-state index contributed by atoms with van der Waals surface area (Å²) in [5.74, 6) is 0.641. The second-order valence-corrected chi connectivity index (χ2v) is 7.63. The number of carbonyl (C=O) groups is 2. The monoisotopic (exact) mass is 380 g/mol. The molecule has 0 aliphatic carbocycles. The van der Waals surface area contributed by atoms with Gasteiger partial charge in [-0.2, -0.15) is 0 Å². The molecular formula is C17H21ClN4O2S. The lowest BCUT2D eigenvalue weighted by Crippen LogP contribution is -2.63. The number of halogens is 1. The maximum atomic E-state index is 12.5. The van der Waals surface area contributed by atoms with Crippen LogP contribution in [0, 0.1) is 0 Å². The van der Waals surface area contributed by atoms with Gasteiger partial charge in [-0.1, -0.05) is 48.8 Å². The van der Waals surface area contributed by atoms with E-state index in [1.807, 2.05) is 29.2 Å². The number of amidine groups is 1. The van der Waals surface area contributed by atoms with Crippen molar-refractivity contribution in [3.05, 3.63) is 34.9 Å². The SMILES string of the molecule is CCCCSC1=NC2C(C(=O)NC(=O)N2C)N1Cc1ccc(Cl)cc1. The first kappa shape index (κ1) is 18.1. The Kier molecular flexibility index (Phi) is 5.54. The fourth-order valence-corrected chi connectivity index (χ4v) is 4.15. The molecule has 0 aromatic heterocycles. The number of unbranched alkanes of at least 4 members (excludes halogenated alkanes) is 1. The van der Waals surface area contributed by atoms with E-state index in [0.717, 1.165) is 29.3 Å². The standard InChI is InChI=1S/C17H21ClN4O2S/c1-3-4-9-25-17-19-14-13(15(23)20-16(24)21(14)2)22(17)10-11-5-7-12(18)8-6-11/h5-8,13-14H,3-4,9-10H2,1-2H3,(H,20,23,24). The predicted octanol–water partition coefficient (Wildman–Crippen LogP) is 2.92. The number of hydrogen-bond donors (Lipinski definition) is 1. The smallest absolute Gasteiger partial charge is 0.325 e. The fourth-order valence-electron chi connectivity index (χ4n) is 2.88. The van der Waals surface area contributed by atoms with Crippen molar-refractivity contribution >= 4 is 40.5 Å². The highest BCUT2D eigenvalue weighted by Gasteiger charge is 2.48. The molecule has 2 unspecified atom stereocenters. The lowest BCUT2D eigenvalue weighted by Gasteiger charge is -2.36. The van der Waals surface area contributed by atoms with E-state index in [2.05, 4.69) is 17.2 Å². The molecule has 1 N–H and O–H groups in total. The van der Waals surface area contributed by atoms with Gasteiger partial charge in [0, 0.05) is 24.4 Å². The largest absolute Gasteiger partial charge is 0.331 e. The molecule has 2 heterocycles. The molecule has 134 valence electrons. The Bertz CT molecular complexity index is 694. The lowest BCUT2D eigenvalue weighted by molar-refractivity contribution is -0.127. The summed E-state index contributed by atoms with van der Waals surface area (Å²) < 4.78 is 0. The molecule has 1 saturated heterocycles. The van der Waals surface area contributed by atoms with Crippen LogP contribution >= 0.6 is 23.4 Å². The van der Waals surface area contributed by atoms with Crippen LogP contribution in [-0.2, 0) is 11.3 Å². The van der Waals surface area contributed by atoms with Gasteiger partial charge < -0.3 is 9.80 Å². The topological polar surface area (TPSA) is 65.0 Å². The van der Waals surface area contributed by atoms with E-state index < -0.39 is 18.2 Å². The molecule has 3 amide bonds. The summed E-state index contributed by atoms with van der Waals surface area (Å²) in [6.45, 7) is 2.69. The Balaban J connectivity index is 1.85. The van der Waals surface area contributed by atoms with E-state index in [1.54, 1.807) is 18.8 Å². The van der Waals surface area contributed by atoms with Crippen molar-refractivity contribution in [2.24, 2.45) is 4.99 Å². The number of hydrogen-bond acceptors (Lipinski definition) is 5. The summed E-state index contributed by atoms with van der Waals surface area (Å²) in [7, 11) is 1.67. The molecule has 1 aromatic carbocycles. The van der Waals surface area contributed by atoms with Crippen LogP contribution < -0.4 is 5.32 Å². The molecule has 8 heteroatoms. The van der Waals surface area contributed by atoms with Crippen molar-refractivity contribution in [2.75, 3.05) is 12.8 Å². The van der Waals surface area contributed by atoms with E-state index in [1.165, 1.54) is 4.90 Å². The van der Waals surface area contributed by atoms with Gasteiger partial charge in [0.1, 0.15) is 0 Å². The van der Waals surface area contributed by atoms with Crippen LogP contribution in [0.3, 0.4) is 0 Å². The minimum absolute atomic E-state index is 0.295. The molecule has 1 fully saturated rings. The summed E-state index contributed by atoms with van der Waals surface area (Å²) in [6, 6.07) is 6.66. The summed E-state index contributed by atoms with van der Waals surface area (Å²) in [5.41, 5.74) is 1.04. The number of urea groups is 1. The van der Waals surface area contributed by atoms with Crippen molar-refractivity contribution < 1.29 is 9.59 Å². The van der Waals surface area contributed by atoms with Gasteiger partial charge in [0.05, 0.1) is 0 Å². The molecule has 0 saturated carbocycles. The highest BCUT2D eigenvalue weighted by atomic mass is 35.5. The Labute approximate surface area is 156 Å². The van der Waals surface area contributed by atoms with Gasteiger partial charge in [-0.05, 0) is 24.1 Å². The van der Waals surface area contributed by atoms with Crippen LogP contribution in [-0.4, -0.2) is 51.9 Å². The number of nitrogens with one attached hydrogen (secondary N) is 1. The molecule has 0 radical (unpaired) electrons. The zero-order valence-corrected chi connectivity index (χ0v) is 15.8. The Morgan fingerprint density at radius 2 is 2.00 bits per heavy atom. The molecule has 1 aromatic rings. The van der Waals surface area contributed by atoms with Gasteiger partial charge in [0.15, 0.2) is 17.4 Å². The number of carbonyl (C=O) groups excluding carboxylic acids is 2. The zero-order valence-electron chi connectivity index (χ0n) is 14.2. The van der Waals surface area contributed by atoms with Crippen molar-refractivity contribution in [1.29, 1.82) is 0 Å². The van der Waals surface area contributed by atoms with Crippen molar-refractivity contribution in [3.63, 3.8) is 0 Å². The summed E-state index contributed by atoms with van der Waals surface area (Å²) >= 11 is 7.60. The van der Waals surface area contributed by atoms with E-state index in [4.69, 9.17) is 11.6 Å². The quantitative estimate of drug-likeness (QED) is 0.797. The van der Waals surface area contributed by atoms with Gasteiger partial charge in [0.25, 0.3) is 5.91 Å². The molecule has 2 aliphatic heterocycles. The molecular weight excluding hydrogens is 360 g/mol. The van der Waals surface area contributed by atoms with Crippen LogP contribution in [0.15, 0.2) is 29.3 Å². The van der Waals surface area contributed by atoms with E-state index in [0.29, 0.717) is 11.6 Å². The van der Waals surface area contributed by atoms with Crippen LogP contribution in [0.2, 0.25) is 5.02 Å². The predicted molar refractivity (Wildman–Crippen MR) is 101 cm³/mol. The van der Waals surface area contributed by atoms with Gasteiger partial charge >= 0.3 is 6.03 Å². The minimum Gasteiger partial charge on any atom is -0.331 e. The third kappa shape index (κ3) is 3.77.